The number of hydrogen-bond acceptors (Lipinski definition) is 4. The number of aryl methyl sites for hydroxylation is 1. The topological polar surface area (TPSA) is 64.3 Å². The van der Waals surface area contributed by atoms with Gasteiger partial charge in [-0.25, -0.2) is 9.37 Å². The smallest absolute Gasteiger partial charge is 0.261 e. The molecule has 6 heteroatoms. The van der Waals surface area contributed by atoms with Crippen molar-refractivity contribution in [1.29, 1.82) is 0 Å². The van der Waals surface area contributed by atoms with Crippen LogP contribution in [0, 0.1) is 12.7 Å². The molecule has 0 spiro atoms. The minimum atomic E-state index is -0.872. The Balaban J connectivity index is 1.71. The van der Waals surface area contributed by atoms with E-state index < -0.39 is 11.9 Å². The second-order valence-electron chi connectivity index (χ2n) is 5.64. The lowest BCUT2D eigenvalue weighted by atomic mass is 10.2. The van der Waals surface area contributed by atoms with Crippen molar-refractivity contribution in [3.8, 4) is 5.75 Å². The van der Waals surface area contributed by atoms with Crippen molar-refractivity contribution in [2.75, 3.05) is 6.61 Å². The predicted molar refractivity (Wildman–Crippen MR) is 88.6 cm³/mol. The van der Waals surface area contributed by atoms with Crippen LogP contribution in [0.15, 0.2) is 53.6 Å². The monoisotopic (exact) mass is 328 g/mol. The normalized spacial score (nSPS) is 12.3. The third kappa shape index (κ3) is 3.60. The highest BCUT2D eigenvalue weighted by Crippen LogP contribution is 2.13. The van der Waals surface area contributed by atoms with E-state index in [1.807, 2.05) is 25.1 Å². The van der Waals surface area contributed by atoms with Crippen LogP contribution >= 0.6 is 0 Å². The van der Waals surface area contributed by atoms with Crippen molar-refractivity contribution < 1.29 is 14.2 Å². The summed E-state index contributed by atoms with van der Waals surface area (Å²) in [5.74, 6) is 0.215. The molecule has 3 rings (SSSR count). The molecule has 3 aromatic rings. The van der Waals surface area contributed by atoms with E-state index in [-0.39, 0.29) is 18.7 Å². The van der Waals surface area contributed by atoms with Crippen LogP contribution in [0.2, 0.25) is 0 Å². The van der Waals surface area contributed by atoms with Crippen LogP contribution in [0.3, 0.4) is 0 Å². The van der Waals surface area contributed by atoms with E-state index in [2.05, 4.69) is 4.98 Å². The number of fused-ring (bicyclic) bond motifs is 1. The molecule has 0 aliphatic carbocycles. The first-order chi connectivity index (χ1) is 11.5. The number of ether oxygens (including phenoxy) is 1. The fourth-order valence-electron chi connectivity index (χ4n) is 2.44. The molecule has 0 unspecified atom stereocenters. The van der Waals surface area contributed by atoms with Gasteiger partial charge in [0.2, 0.25) is 0 Å². The van der Waals surface area contributed by atoms with E-state index in [4.69, 9.17) is 4.74 Å². The summed E-state index contributed by atoms with van der Waals surface area (Å²) in [6, 6.07) is 11.3. The Hall–Kier alpha value is -2.73. The molecule has 0 fully saturated rings. The zero-order valence-corrected chi connectivity index (χ0v) is 13.1. The van der Waals surface area contributed by atoms with Crippen LogP contribution in [-0.2, 0) is 6.54 Å². The van der Waals surface area contributed by atoms with Gasteiger partial charge < -0.3 is 9.84 Å². The van der Waals surface area contributed by atoms with Crippen LogP contribution in [0.25, 0.3) is 10.9 Å². The molecule has 0 saturated carbocycles. The molecular weight excluding hydrogens is 311 g/mol. The van der Waals surface area contributed by atoms with Gasteiger partial charge in [-0.2, -0.15) is 0 Å². The first-order valence-corrected chi connectivity index (χ1v) is 7.55. The largest absolute Gasteiger partial charge is 0.491 e. The maximum absolute atomic E-state index is 13.2. The Bertz CT molecular complexity index is 924. The van der Waals surface area contributed by atoms with Gasteiger partial charge in [0.05, 0.1) is 23.8 Å². The number of hydrogen-bond donors (Lipinski definition) is 1. The van der Waals surface area contributed by atoms with Gasteiger partial charge in [0.1, 0.15) is 24.3 Å². The minimum absolute atomic E-state index is 0.0466. The molecule has 0 amide bonds. The molecule has 1 N–H and O–H groups in total. The van der Waals surface area contributed by atoms with Gasteiger partial charge in [-0.05, 0) is 36.8 Å². The number of aliphatic hydroxyl groups is 1. The number of aromatic nitrogens is 2. The summed E-state index contributed by atoms with van der Waals surface area (Å²) in [5.41, 5.74) is 1.03. The number of nitrogens with zero attached hydrogens (tertiary/aromatic N) is 2. The van der Waals surface area contributed by atoms with E-state index in [0.29, 0.717) is 16.7 Å². The maximum Gasteiger partial charge on any atom is 0.261 e. The molecule has 2 aromatic carbocycles. The summed E-state index contributed by atoms with van der Waals surface area (Å²) in [6.45, 7) is 2.05. The third-order valence-electron chi connectivity index (χ3n) is 3.63. The number of benzene rings is 2. The summed E-state index contributed by atoms with van der Waals surface area (Å²) in [4.78, 5) is 16.4. The van der Waals surface area contributed by atoms with Gasteiger partial charge in [-0.3, -0.25) is 9.36 Å². The summed E-state index contributed by atoms with van der Waals surface area (Å²) in [5, 5.41) is 10.4. The van der Waals surface area contributed by atoms with E-state index in [1.165, 1.54) is 29.1 Å². The molecule has 0 bridgehead atoms. The zero-order chi connectivity index (χ0) is 17.1. The Labute approximate surface area is 138 Å². The van der Waals surface area contributed by atoms with Gasteiger partial charge in [0.15, 0.2) is 0 Å². The zero-order valence-electron chi connectivity index (χ0n) is 13.1. The Morgan fingerprint density at radius 1 is 1.29 bits per heavy atom. The Kier molecular flexibility index (Phi) is 4.57. The lowest BCUT2D eigenvalue weighted by molar-refractivity contribution is 0.0914. The van der Waals surface area contributed by atoms with Crippen LogP contribution < -0.4 is 10.3 Å². The molecule has 5 nitrogen and oxygen atoms in total. The summed E-state index contributed by atoms with van der Waals surface area (Å²) >= 11 is 0. The molecule has 1 aromatic heterocycles. The summed E-state index contributed by atoms with van der Waals surface area (Å²) < 4.78 is 20.0. The van der Waals surface area contributed by atoms with Crippen LogP contribution in [0.1, 0.15) is 5.56 Å². The SMILES string of the molecule is Cc1cccc(OC[C@H](O)Cn2cnc3cc(F)ccc3c2=O)c1. The van der Waals surface area contributed by atoms with Gasteiger partial charge >= 0.3 is 0 Å². The minimum Gasteiger partial charge on any atom is -0.491 e. The van der Waals surface area contributed by atoms with Crippen molar-refractivity contribution in [1.82, 2.24) is 9.55 Å². The number of aliphatic hydroxyl groups excluding tert-OH is 1. The second kappa shape index (κ2) is 6.80. The van der Waals surface area contributed by atoms with Gasteiger partial charge in [0.25, 0.3) is 5.56 Å². The molecule has 1 heterocycles. The van der Waals surface area contributed by atoms with E-state index in [9.17, 15) is 14.3 Å². The molecular formula is C18H17FN2O3. The average molecular weight is 328 g/mol. The predicted octanol–water partition coefficient (Wildman–Crippen LogP) is 2.28. The number of halogens is 1. The highest BCUT2D eigenvalue weighted by Gasteiger charge is 2.11. The van der Waals surface area contributed by atoms with E-state index in [0.717, 1.165) is 5.56 Å². The number of rotatable bonds is 5. The standard InChI is InChI=1S/C18H17FN2O3/c1-12-3-2-4-15(7-12)24-10-14(22)9-21-11-20-17-8-13(19)5-6-16(17)18(21)23/h2-8,11,14,22H,9-10H2,1H3/t14-/m1/s1. The van der Waals surface area contributed by atoms with E-state index in [1.54, 1.807) is 6.07 Å². The summed E-state index contributed by atoms with van der Waals surface area (Å²) in [6.07, 6.45) is 0.433. The lowest BCUT2D eigenvalue weighted by Crippen LogP contribution is -2.30. The highest BCUT2D eigenvalue weighted by atomic mass is 19.1. The third-order valence-corrected chi connectivity index (χ3v) is 3.63. The maximum atomic E-state index is 13.2. The van der Waals surface area contributed by atoms with Gasteiger partial charge in [-0.1, -0.05) is 12.1 Å². The van der Waals surface area contributed by atoms with Crippen LogP contribution in [-0.4, -0.2) is 27.4 Å². The second-order valence-corrected chi connectivity index (χ2v) is 5.64. The van der Waals surface area contributed by atoms with Gasteiger partial charge in [0, 0.05) is 6.07 Å². The van der Waals surface area contributed by atoms with Crippen molar-refractivity contribution >= 4 is 10.9 Å². The van der Waals surface area contributed by atoms with Crippen LogP contribution in [0.4, 0.5) is 4.39 Å². The molecule has 24 heavy (non-hydrogen) atoms. The van der Waals surface area contributed by atoms with Crippen molar-refractivity contribution in [2.45, 2.75) is 19.6 Å². The van der Waals surface area contributed by atoms with Crippen molar-refractivity contribution in [3.05, 3.63) is 70.5 Å². The van der Waals surface area contributed by atoms with Crippen molar-refractivity contribution in [3.63, 3.8) is 0 Å². The molecule has 1 atom stereocenters. The lowest BCUT2D eigenvalue weighted by Gasteiger charge is -2.14. The molecule has 124 valence electrons. The molecule has 0 aliphatic rings. The molecule has 0 radical (unpaired) electrons. The van der Waals surface area contributed by atoms with Crippen molar-refractivity contribution in [2.24, 2.45) is 0 Å². The Morgan fingerprint density at radius 3 is 2.92 bits per heavy atom. The van der Waals surface area contributed by atoms with Crippen LogP contribution in [0.5, 0.6) is 5.75 Å². The highest BCUT2D eigenvalue weighted by molar-refractivity contribution is 5.77. The van der Waals surface area contributed by atoms with E-state index >= 15 is 0 Å². The molecule has 0 aliphatic heterocycles. The fraction of sp³-hybridized carbons (Fsp3) is 0.222. The Morgan fingerprint density at radius 2 is 2.12 bits per heavy atom. The quantitative estimate of drug-likeness (QED) is 0.780. The first-order valence-electron chi connectivity index (χ1n) is 7.55. The summed E-state index contributed by atoms with van der Waals surface area (Å²) in [7, 11) is 0. The van der Waals surface area contributed by atoms with Gasteiger partial charge in [-0.15, -0.1) is 0 Å². The average Bonchev–Trinajstić information content (AvgIpc) is 2.56. The first kappa shape index (κ1) is 16.1. The molecule has 0 saturated heterocycles. The fourth-order valence-corrected chi connectivity index (χ4v) is 2.44.